The molecule has 0 aliphatic rings. The van der Waals surface area contributed by atoms with Crippen molar-refractivity contribution in [1.82, 2.24) is 4.98 Å². The third-order valence-electron chi connectivity index (χ3n) is 1.67. The van der Waals surface area contributed by atoms with Crippen LogP contribution < -0.4 is 0 Å². The molecule has 1 rings (SSSR count). The average molecular weight is 314 g/mol. The number of nitrogens with zero attached hydrogens (tertiary/aromatic N) is 2. The summed E-state index contributed by atoms with van der Waals surface area (Å²) in [5.41, 5.74) is -0.898. The van der Waals surface area contributed by atoms with Crippen LogP contribution in [0.5, 0.6) is 0 Å². The minimum absolute atomic E-state index is 0.0723. The Morgan fingerprint density at radius 3 is 2.64 bits per heavy atom. The van der Waals surface area contributed by atoms with Crippen molar-refractivity contribution in [1.29, 1.82) is 0 Å². The zero-order chi connectivity index (χ0) is 10.9. The summed E-state index contributed by atoms with van der Waals surface area (Å²) in [5, 5.41) is 10.5. The van der Waals surface area contributed by atoms with Gasteiger partial charge in [0.2, 0.25) is 0 Å². The van der Waals surface area contributed by atoms with Crippen molar-refractivity contribution in [2.45, 2.75) is 13.3 Å². The Morgan fingerprint density at radius 1 is 1.64 bits per heavy atom. The first-order valence-electron chi connectivity index (χ1n) is 3.52. The first-order valence-corrected chi connectivity index (χ1v) is 4.60. The summed E-state index contributed by atoms with van der Waals surface area (Å²) >= 11 is 1.69. The quantitative estimate of drug-likeness (QED) is 0.479. The standard InChI is InChI=1S/C7H5F2IN2O2/c1-3-5(7(8)9)11-2-4(10)6(3)12(13)14/h2,7H,1H3. The number of hydrogen-bond acceptors (Lipinski definition) is 3. The van der Waals surface area contributed by atoms with Gasteiger partial charge in [-0.15, -0.1) is 0 Å². The lowest BCUT2D eigenvalue weighted by Gasteiger charge is -2.04. The molecule has 0 aromatic carbocycles. The smallest absolute Gasteiger partial charge is 0.258 e. The van der Waals surface area contributed by atoms with Crippen molar-refractivity contribution in [2.75, 3.05) is 0 Å². The molecule has 7 heteroatoms. The van der Waals surface area contributed by atoms with E-state index in [0.29, 0.717) is 0 Å². The van der Waals surface area contributed by atoms with Gasteiger partial charge in [0.05, 0.1) is 10.5 Å². The van der Waals surface area contributed by atoms with E-state index < -0.39 is 17.0 Å². The van der Waals surface area contributed by atoms with E-state index in [2.05, 4.69) is 4.98 Å². The lowest BCUT2D eigenvalue weighted by Crippen LogP contribution is -2.02. The van der Waals surface area contributed by atoms with Gasteiger partial charge in [-0.05, 0) is 29.5 Å². The molecule has 0 saturated heterocycles. The lowest BCUT2D eigenvalue weighted by atomic mass is 10.2. The molecule has 0 fully saturated rings. The predicted molar refractivity (Wildman–Crippen MR) is 53.3 cm³/mol. The number of rotatable bonds is 2. The fourth-order valence-electron chi connectivity index (χ4n) is 1.03. The first-order chi connectivity index (χ1) is 6.45. The molecular formula is C7H5F2IN2O2. The van der Waals surface area contributed by atoms with E-state index in [1.165, 1.54) is 6.92 Å². The maximum absolute atomic E-state index is 12.3. The molecule has 0 amide bonds. The summed E-state index contributed by atoms with van der Waals surface area (Å²) in [7, 11) is 0. The Balaban J connectivity index is 3.41. The highest BCUT2D eigenvalue weighted by Crippen LogP contribution is 2.30. The molecule has 0 bridgehead atoms. The van der Waals surface area contributed by atoms with E-state index in [0.717, 1.165) is 6.20 Å². The minimum atomic E-state index is -2.79. The van der Waals surface area contributed by atoms with Crippen LogP contribution >= 0.6 is 22.6 Å². The van der Waals surface area contributed by atoms with Crippen LogP contribution in [0.15, 0.2) is 6.20 Å². The summed E-state index contributed by atoms with van der Waals surface area (Å²) < 4.78 is 24.9. The number of pyridine rings is 1. The minimum Gasteiger partial charge on any atom is -0.258 e. The molecule has 1 heterocycles. The van der Waals surface area contributed by atoms with Gasteiger partial charge in [0.1, 0.15) is 9.26 Å². The number of aromatic nitrogens is 1. The van der Waals surface area contributed by atoms with Crippen LogP contribution in [0.2, 0.25) is 0 Å². The van der Waals surface area contributed by atoms with Crippen LogP contribution in [0.4, 0.5) is 14.5 Å². The fraction of sp³-hybridized carbons (Fsp3) is 0.286. The predicted octanol–water partition coefficient (Wildman–Crippen LogP) is 2.84. The molecule has 1 aromatic heterocycles. The second-order valence-electron chi connectivity index (χ2n) is 2.52. The topological polar surface area (TPSA) is 56.0 Å². The Labute approximate surface area is 91.6 Å². The van der Waals surface area contributed by atoms with E-state index in [1.54, 1.807) is 22.6 Å². The average Bonchev–Trinajstić information content (AvgIpc) is 2.02. The molecular weight excluding hydrogens is 309 g/mol. The molecule has 0 saturated carbocycles. The maximum atomic E-state index is 12.3. The summed E-state index contributed by atoms with van der Waals surface area (Å²) in [5.74, 6) is 0. The maximum Gasteiger partial charge on any atom is 0.289 e. The highest BCUT2D eigenvalue weighted by atomic mass is 127. The van der Waals surface area contributed by atoms with Crippen molar-refractivity contribution in [3.8, 4) is 0 Å². The summed E-state index contributed by atoms with van der Waals surface area (Å²) in [6.45, 7) is 1.27. The van der Waals surface area contributed by atoms with Gasteiger partial charge in [0.15, 0.2) is 0 Å². The van der Waals surface area contributed by atoms with Gasteiger partial charge in [-0.1, -0.05) is 0 Å². The van der Waals surface area contributed by atoms with Gasteiger partial charge in [-0.25, -0.2) is 8.78 Å². The van der Waals surface area contributed by atoms with Crippen molar-refractivity contribution in [3.05, 3.63) is 31.1 Å². The van der Waals surface area contributed by atoms with Crippen LogP contribution in [0.3, 0.4) is 0 Å². The summed E-state index contributed by atoms with van der Waals surface area (Å²) in [6.07, 6.45) is -1.71. The highest BCUT2D eigenvalue weighted by molar-refractivity contribution is 14.1. The van der Waals surface area contributed by atoms with Crippen LogP contribution in [0.25, 0.3) is 0 Å². The summed E-state index contributed by atoms with van der Waals surface area (Å²) in [6, 6.07) is 0. The van der Waals surface area contributed by atoms with Crippen molar-refractivity contribution >= 4 is 28.3 Å². The lowest BCUT2D eigenvalue weighted by molar-refractivity contribution is -0.386. The van der Waals surface area contributed by atoms with Gasteiger partial charge in [0.25, 0.3) is 12.1 Å². The van der Waals surface area contributed by atoms with Gasteiger partial charge < -0.3 is 0 Å². The number of halogens is 3. The molecule has 1 aromatic rings. The van der Waals surface area contributed by atoms with Crippen molar-refractivity contribution in [3.63, 3.8) is 0 Å². The second-order valence-corrected chi connectivity index (χ2v) is 3.68. The molecule has 76 valence electrons. The molecule has 14 heavy (non-hydrogen) atoms. The van der Waals surface area contributed by atoms with Crippen molar-refractivity contribution < 1.29 is 13.7 Å². The third-order valence-corrected chi connectivity index (χ3v) is 2.46. The molecule has 4 nitrogen and oxygen atoms in total. The molecule has 0 spiro atoms. The second kappa shape index (κ2) is 4.11. The zero-order valence-electron chi connectivity index (χ0n) is 7.00. The Hall–Kier alpha value is -0.860. The zero-order valence-corrected chi connectivity index (χ0v) is 9.16. The van der Waals surface area contributed by atoms with Gasteiger partial charge in [0, 0.05) is 6.20 Å². The molecule has 0 radical (unpaired) electrons. The van der Waals surface area contributed by atoms with E-state index in [1.807, 2.05) is 0 Å². The molecule has 0 aliphatic heterocycles. The SMILES string of the molecule is Cc1c(C(F)F)ncc(I)c1[N+](=O)[O-]. The monoisotopic (exact) mass is 314 g/mol. The number of hydrogen-bond donors (Lipinski definition) is 0. The largest absolute Gasteiger partial charge is 0.289 e. The Morgan fingerprint density at radius 2 is 2.21 bits per heavy atom. The Bertz CT molecular complexity index is 384. The number of nitro groups is 1. The van der Waals surface area contributed by atoms with E-state index in [9.17, 15) is 18.9 Å². The van der Waals surface area contributed by atoms with E-state index in [-0.39, 0.29) is 14.8 Å². The van der Waals surface area contributed by atoms with E-state index in [4.69, 9.17) is 0 Å². The third kappa shape index (κ3) is 1.97. The number of alkyl halides is 2. The molecule has 0 atom stereocenters. The van der Waals surface area contributed by atoms with Crippen LogP contribution in [0.1, 0.15) is 17.7 Å². The molecule has 0 unspecified atom stereocenters. The summed E-state index contributed by atoms with van der Waals surface area (Å²) in [4.78, 5) is 13.3. The normalized spacial score (nSPS) is 10.6. The van der Waals surface area contributed by atoms with E-state index >= 15 is 0 Å². The van der Waals surface area contributed by atoms with Crippen LogP contribution in [-0.2, 0) is 0 Å². The van der Waals surface area contributed by atoms with Crippen LogP contribution in [0, 0.1) is 20.6 Å². The van der Waals surface area contributed by atoms with Crippen molar-refractivity contribution in [2.24, 2.45) is 0 Å². The Kier molecular flexibility index (Phi) is 3.29. The van der Waals surface area contributed by atoms with Crippen LogP contribution in [-0.4, -0.2) is 9.91 Å². The van der Waals surface area contributed by atoms with Gasteiger partial charge in [-0.3, -0.25) is 15.1 Å². The fourth-order valence-corrected chi connectivity index (χ4v) is 1.77. The van der Waals surface area contributed by atoms with Gasteiger partial charge in [-0.2, -0.15) is 0 Å². The molecule has 0 aliphatic carbocycles. The molecule has 0 N–H and O–H groups in total. The van der Waals surface area contributed by atoms with Gasteiger partial charge >= 0.3 is 0 Å². The first kappa shape index (κ1) is 11.2. The highest BCUT2D eigenvalue weighted by Gasteiger charge is 2.23.